The van der Waals surface area contributed by atoms with E-state index in [-0.39, 0.29) is 57.2 Å². The fraction of sp³-hybridized carbons (Fsp3) is 0.441. The number of nitrogens with zero attached hydrogens (tertiary/aromatic N) is 5. The Labute approximate surface area is 253 Å². The number of phenolic OH excluding ortho intramolecular Hbond substituents is 1. The first kappa shape index (κ1) is 27.5. The van der Waals surface area contributed by atoms with Gasteiger partial charge in [-0.1, -0.05) is 12.0 Å². The summed E-state index contributed by atoms with van der Waals surface area (Å²) in [6.07, 6.45) is 13.4. The van der Waals surface area contributed by atoms with Gasteiger partial charge in [-0.3, -0.25) is 9.88 Å². The summed E-state index contributed by atoms with van der Waals surface area (Å²) in [5.41, 5.74) is -0.000224. The first-order valence-corrected chi connectivity index (χ1v) is 15.4. The smallest absolute Gasteiger partial charge is 0.319 e. The Bertz CT molecular complexity index is 1850. The Balaban J connectivity index is 1.29. The maximum Gasteiger partial charge on any atom is 0.319 e. The zero-order valence-corrected chi connectivity index (χ0v) is 24.3. The van der Waals surface area contributed by atoms with Crippen molar-refractivity contribution in [1.29, 1.82) is 0 Å². The van der Waals surface area contributed by atoms with Crippen molar-refractivity contribution in [3.63, 3.8) is 0 Å². The standard InChI is InChI=1S/C34H33F2N5O3/c1-2-24-27(35)6-5-20-13-23(43)15-25(28(20)24)30-29(36)31-26(16-37-30)32(41-17-19-11-21(41)14-22(42)12-19)39-33(38-31)44-18-34-7-3-9-40(34)10-4-8-34/h1,5-6,13,15-16,19,21-22,42-43H,3-4,7-12,14,17-18H2. The van der Waals surface area contributed by atoms with Crippen LogP contribution >= 0.6 is 0 Å². The van der Waals surface area contributed by atoms with Crippen LogP contribution in [0.1, 0.15) is 50.5 Å². The number of terminal acetylenes is 1. The Morgan fingerprint density at radius 3 is 2.70 bits per heavy atom. The molecule has 4 fully saturated rings. The van der Waals surface area contributed by atoms with Gasteiger partial charge in [0.2, 0.25) is 0 Å². The second-order valence-corrected chi connectivity index (χ2v) is 12.9. The number of aromatic hydroxyl groups is 1. The lowest BCUT2D eigenvalue weighted by Crippen LogP contribution is -2.43. The van der Waals surface area contributed by atoms with Crippen LogP contribution in [0.25, 0.3) is 32.9 Å². The average molecular weight is 598 g/mol. The van der Waals surface area contributed by atoms with Gasteiger partial charge >= 0.3 is 6.01 Å². The van der Waals surface area contributed by atoms with E-state index in [1.54, 1.807) is 0 Å². The highest BCUT2D eigenvalue weighted by Gasteiger charge is 2.45. The topological polar surface area (TPSA) is 94.8 Å². The number of benzene rings is 2. The highest BCUT2D eigenvalue weighted by molar-refractivity contribution is 6.03. The zero-order valence-electron chi connectivity index (χ0n) is 24.3. The second kappa shape index (κ2) is 10.2. The lowest BCUT2D eigenvalue weighted by Gasteiger charge is -2.31. The van der Waals surface area contributed by atoms with E-state index in [1.165, 1.54) is 30.5 Å². The number of anilines is 1. The molecule has 8 rings (SSSR count). The molecule has 1 saturated carbocycles. The molecule has 2 bridgehead atoms. The molecule has 4 aromatic rings. The van der Waals surface area contributed by atoms with Crippen LogP contribution in [0.5, 0.6) is 11.8 Å². The van der Waals surface area contributed by atoms with Crippen LogP contribution < -0.4 is 9.64 Å². The van der Waals surface area contributed by atoms with Gasteiger partial charge in [0.15, 0.2) is 5.82 Å². The van der Waals surface area contributed by atoms with Crippen molar-refractivity contribution in [2.45, 2.75) is 62.6 Å². The van der Waals surface area contributed by atoms with Crippen molar-refractivity contribution >= 4 is 27.5 Å². The molecule has 226 valence electrons. The summed E-state index contributed by atoms with van der Waals surface area (Å²) in [4.78, 5) is 18.6. The molecular formula is C34H33F2N5O3. The van der Waals surface area contributed by atoms with E-state index in [9.17, 15) is 14.6 Å². The lowest BCUT2D eigenvalue weighted by atomic mass is 9.88. The number of aromatic nitrogens is 3. The molecule has 44 heavy (non-hydrogen) atoms. The van der Waals surface area contributed by atoms with Crippen molar-refractivity contribution in [2.75, 3.05) is 31.1 Å². The van der Waals surface area contributed by atoms with Crippen LogP contribution in [0.15, 0.2) is 30.5 Å². The summed E-state index contributed by atoms with van der Waals surface area (Å²) in [5.74, 6) is 1.74. The third kappa shape index (κ3) is 4.28. The average Bonchev–Trinajstić information content (AvgIpc) is 3.68. The quantitative estimate of drug-likeness (QED) is 0.305. The van der Waals surface area contributed by atoms with Gasteiger partial charge in [0, 0.05) is 29.7 Å². The second-order valence-electron chi connectivity index (χ2n) is 12.9. The monoisotopic (exact) mass is 597 g/mol. The molecule has 3 aliphatic heterocycles. The minimum atomic E-state index is -0.737. The Kier molecular flexibility index (Phi) is 6.40. The van der Waals surface area contributed by atoms with E-state index in [0.29, 0.717) is 42.1 Å². The number of halogens is 2. The number of aliphatic hydroxyl groups excluding tert-OH is 1. The van der Waals surface area contributed by atoms with E-state index in [2.05, 4.69) is 25.7 Å². The zero-order chi connectivity index (χ0) is 30.2. The SMILES string of the molecule is C#Cc1c(F)ccc2cc(O)cc(-c3ncc4c(N5CC6CC(O)CC5C6)nc(OCC56CCCN5CCC6)nc4c3F)c12. The van der Waals surface area contributed by atoms with E-state index < -0.39 is 11.6 Å². The third-order valence-corrected chi connectivity index (χ3v) is 10.3. The van der Waals surface area contributed by atoms with Crippen molar-refractivity contribution < 1.29 is 23.7 Å². The molecule has 4 aliphatic rings. The number of aliphatic hydroxyl groups is 1. The number of hydrogen-bond donors (Lipinski definition) is 2. The maximum atomic E-state index is 16.8. The summed E-state index contributed by atoms with van der Waals surface area (Å²) in [6.45, 7) is 3.21. The summed E-state index contributed by atoms with van der Waals surface area (Å²) < 4.78 is 37.9. The van der Waals surface area contributed by atoms with E-state index in [1.807, 2.05) is 0 Å². The largest absolute Gasteiger partial charge is 0.508 e. The maximum absolute atomic E-state index is 16.8. The number of ether oxygens (including phenoxy) is 1. The third-order valence-electron chi connectivity index (χ3n) is 10.3. The lowest BCUT2D eigenvalue weighted by molar-refractivity contribution is 0.107. The molecule has 8 nitrogen and oxygen atoms in total. The number of rotatable bonds is 5. The molecular weight excluding hydrogens is 564 g/mol. The molecule has 0 amide bonds. The summed E-state index contributed by atoms with van der Waals surface area (Å²) in [6, 6.07) is 5.68. The highest BCUT2D eigenvalue weighted by atomic mass is 19.1. The normalized spacial score (nSPS) is 24.2. The van der Waals surface area contributed by atoms with Crippen molar-refractivity contribution in [3.8, 4) is 35.4 Å². The van der Waals surface area contributed by atoms with E-state index in [0.717, 1.165) is 51.6 Å². The van der Waals surface area contributed by atoms with Crippen LogP contribution in [-0.4, -0.2) is 74.0 Å². The molecule has 0 radical (unpaired) electrons. The summed E-state index contributed by atoms with van der Waals surface area (Å²) in [7, 11) is 0. The molecule has 3 unspecified atom stereocenters. The van der Waals surface area contributed by atoms with Crippen LogP contribution in [-0.2, 0) is 0 Å². The Morgan fingerprint density at radius 2 is 1.91 bits per heavy atom. The van der Waals surface area contributed by atoms with Gasteiger partial charge in [0.05, 0.1) is 22.6 Å². The Hall–Kier alpha value is -4.07. The molecule has 0 spiro atoms. The first-order valence-electron chi connectivity index (χ1n) is 15.4. The predicted octanol–water partition coefficient (Wildman–Crippen LogP) is 5.17. The number of hydrogen-bond acceptors (Lipinski definition) is 8. The fourth-order valence-corrected chi connectivity index (χ4v) is 8.37. The molecule has 2 aromatic carbocycles. The minimum absolute atomic E-state index is 0.0272. The molecule has 2 N–H and O–H groups in total. The van der Waals surface area contributed by atoms with Crippen LogP contribution in [0.4, 0.5) is 14.6 Å². The van der Waals surface area contributed by atoms with Gasteiger partial charge < -0.3 is 19.8 Å². The van der Waals surface area contributed by atoms with Crippen molar-refractivity contribution in [2.24, 2.45) is 5.92 Å². The number of fused-ring (bicyclic) bond motifs is 5. The molecule has 3 atom stereocenters. The van der Waals surface area contributed by atoms with Crippen LogP contribution in [0.3, 0.4) is 0 Å². The van der Waals surface area contributed by atoms with Gasteiger partial charge in [-0.25, -0.2) is 8.78 Å². The van der Waals surface area contributed by atoms with Gasteiger partial charge in [0.25, 0.3) is 0 Å². The predicted molar refractivity (Wildman–Crippen MR) is 163 cm³/mol. The van der Waals surface area contributed by atoms with Crippen LogP contribution in [0, 0.1) is 29.9 Å². The van der Waals surface area contributed by atoms with Crippen molar-refractivity contribution in [1.82, 2.24) is 19.9 Å². The first-order chi connectivity index (χ1) is 21.3. The van der Waals surface area contributed by atoms with Gasteiger partial charge in [-0.15, -0.1) is 6.42 Å². The van der Waals surface area contributed by atoms with Crippen molar-refractivity contribution in [3.05, 3.63) is 47.7 Å². The molecule has 10 heteroatoms. The number of phenols is 1. The fourth-order valence-electron chi connectivity index (χ4n) is 8.37. The molecule has 5 heterocycles. The van der Waals surface area contributed by atoms with Gasteiger partial charge in [-0.2, -0.15) is 9.97 Å². The molecule has 1 aliphatic carbocycles. The minimum Gasteiger partial charge on any atom is -0.508 e. The highest BCUT2D eigenvalue weighted by Crippen LogP contribution is 2.43. The van der Waals surface area contributed by atoms with Crippen LogP contribution in [0.2, 0.25) is 0 Å². The Morgan fingerprint density at radius 1 is 1.09 bits per heavy atom. The molecule has 2 aromatic heterocycles. The van der Waals surface area contributed by atoms with E-state index >= 15 is 4.39 Å². The number of pyridine rings is 1. The summed E-state index contributed by atoms with van der Waals surface area (Å²) in [5, 5.41) is 22.2. The summed E-state index contributed by atoms with van der Waals surface area (Å²) >= 11 is 0. The van der Waals surface area contributed by atoms with Gasteiger partial charge in [-0.05, 0) is 87.5 Å². The van der Waals surface area contributed by atoms with Gasteiger partial charge in [0.1, 0.15) is 35.2 Å². The molecule has 3 saturated heterocycles. The van der Waals surface area contributed by atoms with E-state index in [4.69, 9.17) is 16.1 Å².